The average molecular weight is 290 g/mol. The van der Waals surface area contributed by atoms with Crippen molar-refractivity contribution in [2.75, 3.05) is 0 Å². The van der Waals surface area contributed by atoms with Gasteiger partial charge in [-0.15, -0.1) is 0 Å². The number of aromatic nitrogens is 1. The number of rotatable bonds is 5. The Hall–Kier alpha value is -2.68. The van der Waals surface area contributed by atoms with E-state index in [9.17, 15) is 8.78 Å². The van der Waals surface area contributed by atoms with Gasteiger partial charge in [0.1, 0.15) is 12.7 Å². The molecule has 0 unspecified atom stereocenters. The zero-order chi connectivity index (χ0) is 15.2. The Bertz CT molecular complexity index is 655. The maximum atomic E-state index is 12.4. The Labute approximate surface area is 120 Å². The van der Waals surface area contributed by atoms with Crippen molar-refractivity contribution in [1.29, 1.82) is 5.26 Å². The van der Waals surface area contributed by atoms with Gasteiger partial charge in [-0.2, -0.15) is 14.0 Å². The molecule has 0 fully saturated rings. The van der Waals surface area contributed by atoms with E-state index >= 15 is 0 Å². The highest BCUT2D eigenvalue weighted by molar-refractivity contribution is 5.50. The normalized spacial score (nSPS) is 10.2. The Balaban J connectivity index is 2.26. The molecular formula is C15H12F2N2O2. The monoisotopic (exact) mass is 290 g/mol. The van der Waals surface area contributed by atoms with Crippen LogP contribution in [0.25, 0.3) is 0 Å². The van der Waals surface area contributed by atoms with E-state index in [1.807, 2.05) is 30.3 Å². The smallest absolute Gasteiger partial charge is 0.387 e. The molecular weight excluding hydrogens is 278 g/mol. The van der Waals surface area contributed by atoms with E-state index < -0.39 is 6.61 Å². The van der Waals surface area contributed by atoms with Crippen LogP contribution in [0.2, 0.25) is 0 Å². The fourth-order valence-corrected chi connectivity index (χ4v) is 1.74. The van der Waals surface area contributed by atoms with Crippen LogP contribution in [0, 0.1) is 18.3 Å². The summed E-state index contributed by atoms with van der Waals surface area (Å²) in [5, 5.41) is 9.11. The molecule has 0 saturated heterocycles. The first-order valence-corrected chi connectivity index (χ1v) is 6.13. The maximum absolute atomic E-state index is 12.4. The second-order valence-corrected chi connectivity index (χ2v) is 4.21. The number of ether oxygens (including phenoxy) is 2. The molecule has 2 rings (SSSR count). The first-order valence-electron chi connectivity index (χ1n) is 6.13. The van der Waals surface area contributed by atoms with Crippen LogP contribution < -0.4 is 9.47 Å². The van der Waals surface area contributed by atoms with E-state index in [0.717, 1.165) is 5.56 Å². The molecule has 1 aromatic heterocycles. The topological polar surface area (TPSA) is 55.1 Å². The van der Waals surface area contributed by atoms with E-state index in [1.165, 1.54) is 6.07 Å². The van der Waals surface area contributed by atoms with Crippen LogP contribution in [0.5, 0.6) is 11.6 Å². The molecule has 0 atom stereocenters. The van der Waals surface area contributed by atoms with Crippen molar-refractivity contribution in [2.45, 2.75) is 20.1 Å². The highest BCUT2D eigenvalue weighted by atomic mass is 19.3. The quantitative estimate of drug-likeness (QED) is 0.846. The zero-order valence-electron chi connectivity index (χ0n) is 11.2. The number of halogens is 2. The summed E-state index contributed by atoms with van der Waals surface area (Å²) in [5.74, 6) is -0.250. The zero-order valence-corrected chi connectivity index (χ0v) is 11.2. The van der Waals surface area contributed by atoms with E-state index in [0.29, 0.717) is 5.69 Å². The Morgan fingerprint density at radius 3 is 2.62 bits per heavy atom. The van der Waals surface area contributed by atoms with Crippen molar-refractivity contribution in [3.05, 3.63) is 53.2 Å². The second-order valence-electron chi connectivity index (χ2n) is 4.21. The van der Waals surface area contributed by atoms with E-state index in [1.54, 1.807) is 13.0 Å². The predicted octanol–water partition coefficient (Wildman–Crippen LogP) is 3.44. The lowest BCUT2D eigenvalue weighted by atomic mass is 10.2. The first kappa shape index (κ1) is 14.7. The molecule has 4 nitrogen and oxygen atoms in total. The van der Waals surface area contributed by atoms with Crippen molar-refractivity contribution < 1.29 is 18.3 Å². The molecule has 0 N–H and O–H groups in total. The summed E-state index contributed by atoms with van der Waals surface area (Å²) in [4.78, 5) is 4.06. The highest BCUT2D eigenvalue weighted by Gasteiger charge is 2.17. The highest BCUT2D eigenvalue weighted by Crippen LogP contribution is 2.28. The molecule has 1 aromatic carbocycles. The lowest BCUT2D eigenvalue weighted by Gasteiger charge is -2.12. The molecule has 0 saturated carbocycles. The SMILES string of the molecule is Cc1cc(OC(F)F)c(C#N)c(OCc2ccccc2)n1. The van der Waals surface area contributed by atoms with Gasteiger partial charge in [0.05, 0.1) is 0 Å². The second kappa shape index (κ2) is 6.66. The maximum Gasteiger partial charge on any atom is 0.387 e. The fraction of sp³-hybridized carbons (Fsp3) is 0.200. The minimum atomic E-state index is -3.01. The standard InChI is InChI=1S/C15H12F2N2O2/c1-10-7-13(21-15(16)17)12(8-18)14(19-10)20-9-11-5-3-2-4-6-11/h2-7,15H,9H2,1H3. The lowest BCUT2D eigenvalue weighted by molar-refractivity contribution is -0.0502. The number of hydrogen-bond acceptors (Lipinski definition) is 4. The van der Waals surface area contributed by atoms with Gasteiger partial charge in [-0.3, -0.25) is 0 Å². The third kappa shape index (κ3) is 3.89. The van der Waals surface area contributed by atoms with Crippen LogP contribution in [0.15, 0.2) is 36.4 Å². The van der Waals surface area contributed by atoms with Crippen LogP contribution in [0.4, 0.5) is 8.78 Å². The van der Waals surface area contributed by atoms with Crippen molar-refractivity contribution in [3.63, 3.8) is 0 Å². The van der Waals surface area contributed by atoms with Gasteiger partial charge in [-0.1, -0.05) is 30.3 Å². The van der Waals surface area contributed by atoms with Crippen LogP contribution in [-0.4, -0.2) is 11.6 Å². The van der Waals surface area contributed by atoms with Gasteiger partial charge < -0.3 is 9.47 Å². The van der Waals surface area contributed by atoms with Gasteiger partial charge in [-0.25, -0.2) is 4.98 Å². The van der Waals surface area contributed by atoms with Crippen LogP contribution in [0.1, 0.15) is 16.8 Å². The molecule has 6 heteroatoms. The lowest BCUT2D eigenvalue weighted by Crippen LogP contribution is -2.07. The number of aryl methyl sites for hydroxylation is 1. The van der Waals surface area contributed by atoms with Crippen molar-refractivity contribution in [1.82, 2.24) is 4.98 Å². The molecule has 0 bridgehead atoms. The summed E-state index contributed by atoms with van der Waals surface area (Å²) >= 11 is 0. The first-order chi connectivity index (χ1) is 10.1. The molecule has 21 heavy (non-hydrogen) atoms. The predicted molar refractivity (Wildman–Crippen MR) is 71.1 cm³/mol. The fourth-order valence-electron chi connectivity index (χ4n) is 1.74. The van der Waals surface area contributed by atoms with Crippen LogP contribution >= 0.6 is 0 Å². The summed E-state index contributed by atoms with van der Waals surface area (Å²) in [7, 11) is 0. The summed E-state index contributed by atoms with van der Waals surface area (Å²) in [5.41, 5.74) is 1.16. The van der Waals surface area contributed by atoms with Gasteiger partial charge in [0.15, 0.2) is 11.3 Å². The Kier molecular flexibility index (Phi) is 4.67. The minimum absolute atomic E-state index is 0.0167. The molecule has 2 aromatic rings. The van der Waals surface area contributed by atoms with E-state index in [2.05, 4.69) is 9.72 Å². The van der Waals surface area contributed by atoms with Crippen molar-refractivity contribution >= 4 is 0 Å². The molecule has 108 valence electrons. The molecule has 0 spiro atoms. The summed E-state index contributed by atoms with van der Waals surface area (Å²) in [6, 6.07) is 12.3. The van der Waals surface area contributed by atoms with Gasteiger partial charge in [0.2, 0.25) is 5.88 Å². The molecule has 0 amide bonds. The van der Waals surface area contributed by atoms with Crippen molar-refractivity contribution in [2.24, 2.45) is 0 Å². The Morgan fingerprint density at radius 1 is 1.29 bits per heavy atom. The van der Waals surface area contributed by atoms with Gasteiger partial charge in [0, 0.05) is 11.8 Å². The number of nitriles is 1. The average Bonchev–Trinajstić information content (AvgIpc) is 2.45. The summed E-state index contributed by atoms with van der Waals surface area (Å²) in [6.07, 6.45) is 0. The number of nitrogens with zero attached hydrogens (tertiary/aromatic N) is 2. The number of benzene rings is 1. The Morgan fingerprint density at radius 2 is 2.00 bits per heavy atom. The van der Waals surface area contributed by atoms with E-state index in [4.69, 9.17) is 10.00 Å². The largest absolute Gasteiger partial charge is 0.472 e. The van der Waals surface area contributed by atoms with Crippen molar-refractivity contribution in [3.8, 4) is 17.7 Å². The van der Waals surface area contributed by atoms with Gasteiger partial charge in [-0.05, 0) is 12.5 Å². The summed E-state index contributed by atoms with van der Waals surface area (Å²) in [6.45, 7) is -1.23. The van der Waals surface area contributed by atoms with Crippen LogP contribution in [0.3, 0.4) is 0 Å². The minimum Gasteiger partial charge on any atom is -0.472 e. The molecule has 0 radical (unpaired) electrons. The molecule has 0 aliphatic heterocycles. The molecule has 0 aliphatic carbocycles. The van der Waals surface area contributed by atoms with Gasteiger partial charge in [0.25, 0.3) is 0 Å². The molecule has 1 heterocycles. The third-order valence-electron chi connectivity index (χ3n) is 2.62. The number of pyridine rings is 1. The molecule has 0 aliphatic rings. The number of alkyl halides is 2. The number of hydrogen-bond donors (Lipinski definition) is 0. The summed E-state index contributed by atoms with van der Waals surface area (Å²) < 4.78 is 34.5. The van der Waals surface area contributed by atoms with Crippen LogP contribution in [-0.2, 0) is 6.61 Å². The van der Waals surface area contributed by atoms with E-state index in [-0.39, 0.29) is 23.8 Å². The van der Waals surface area contributed by atoms with Gasteiger partial charge >= 0.3 is 6.61 Å². The third-order valence-corrected chi connectivity index (χ3v) is 2.62.